The zero-order chi connectivity index (χ0) is 15.4. The lowest BCUT2D eigenvalue weighted by atomic mass is 10.2. The largest absolute Gasteiger partial charge is 0.396 e. The minimum absolute atomic E-state index is 0.221. The number of aromatic nitrogens is 2. The van der Waals surface area contributed by atoms with Crippen molar-refractivity contribution in [2.75, 3.05) is 5.73 Å². The third kappa shape index (κ3) is 2.96. The van der Waals surface area contributed by atoms with Gasteiger partial charge in [0.15, 0.2) is 0 Å². The lowest BCUT2D eigenvalue weighted by molar-refractivity contribution is 0.0956. The summed E-state index contributed by atoms with van der Waals surface area (Å²) in [5, 5.41) is 2.85. The van der Waals surface area contributed by atoms with E-state index in [9.17, 15) is 4.79 Å². The van der Waals surface area contributed by atoms with Crippen molar-refractivity contribution in [1.29, 1.82) is 0 Å². The molecular weight excluding hydrogens is 296 g/mol. The molecule has 110 valence electrons. The Morgan fingerprint density at radius 1 is 1.14 bits per heavy atom. The van der Waals surface area contributed by atoms with Crippen molar-refractivity contribution in [2.24, 2.45) is 0 Å². The van der Waals surface area contributed by atoms with Gasteiger partial charge in [0.1, 0.15) is 10.6 Å². The maximum absolute atomic E-state index is 12.2. The minimum atomic E-state index is -0.221. The number of nitrogens with one attached hydrogen (secondary N) is 1. The molecule has 0 radical (unpaired) electrons. The summed E-state index contributed by atoms with van der Waals surface area (Å²) in [5.41, 5.74) is 8.67. The van der Waals surface area contributed by atoms with Crippen molar-refractivity contribution < 1.29 is 4.79 Å². The SMILES string of the molecule is Nc1c(-c2ccccn2)nsc1C(=O)NCc1ccccc1. The molecule has 3 N–H and O–H groups in total. The Labute approximate surface area is 132 Å². The van der Waals surface area contributed by atoms with Gasteiger partial charge in [0.25, 0.3) is 5.91 Å². The molecule has 2 heterocycles. The quantitative estimate of drug-likeness (QED) is 0.776. The fraction of sp³-hybridized carbons (Fsp3) is 0.0625. The predicted octanol–water partition coefficient (Wildman–Crippen LogP) is 2.72. The summed E-state index contributed by atoms with van der Waals surface area (Å²) < 4.78 is 4.26. The van der Waals surface area contributed by atoms with E-state index in [1.807, 2.05) is 48.5 Å². The predicted molar refractivity (Wildman–Crippen MR) is 87.4 cm³/mol. The van der Waals surface area contributed by atoms with Crippen LogP contribution in [0.4, 0.5) is 5.69 Å². The lowest BCUT2D eigenvalue weighted by Crippen LogP contribution is -2.22. The summed E-state index contributed by atoms with van der Waals surface area (Å²) in [4.78, 5) is 16.9. The number of nitrogens with two attached hydrogens (primary N) is 1. The highest BCUT2D eigenvalue weighted by molar-refractivity contribution is 7.09. The van der Waals surface area contributed by atoms with Gasteiger partial charge in [-0.05, 0) is 29.2 Å². The van der Waals surface area contributed by atoms with Crippen LogP contribution in [0, 0.1) is 0 Å². The number of nitrogens with zero attached hydrogens (tertiary/aromatic N) is 2. The van der Waals surface area contributed by atoms with Gasteiger partial charge in [0.05, 0.1) is 11.4 Å². The van der Waals surface area contributed by atoms with Crippen LogP contribution < -0.4 is 11.1 Å². The van der Waals surface area contributed by atoms with E-state index in [2.05, 4.69) is 14.7 Å². The molecule has 0 spiro atoms. The van der Waals surface area contributed by atoms with E-state index in [1.165, 1.54) is 0 Å². The number of carbonyl (C=O) groups excluding carboxylic acids is 1. The van der Waals surface area contributed by atoms with Crippen molar-refractivity contribution in [3.63, 3.8) is 0 Å². The van der Waals surface area contributed by atoms with Gasteiger partial charge in [0, 0.05) is 12.7 Å². The zero-order valence-electron chi connectivity index (χ0n) is 11.7. The second kappa shape index (κ2) is 6.36. The maximum atomic E-state index is 12.2. The Bertz CT molecular complexity index is 771. The standard InChI is InChI=1S/C16H14N4OS/c17-13-14(12-8-4-5-9-18-12)20-22-15(13)16(21)19-10-11-6-2-1-3-7-11/h1-9H,10,17H2,(H,19,21). The highest BCUT2D eigenvalue weighted by atomic mass is 32.1. The van der Waals surface area contributed by atoms with Gasteiger partial charge in [0.2, 0.25) is 0 Å². The minimum Gasteiger partial charge on any atom is -0.396 e. The molecular formula is C16H14N4OS. The number of benzene rings is 1. The number of pyridine rings is 1. The molecule has 0 saturated heterocycles. The molecule has 1 amide bonds. The summed E-state index contributed by atoms with van der Waals surface area (Å²) >= 11 is 1.09. The number of nitrogen functional groups attached to an aromatic ring is 1. The Kier molecular flexibility index (Phi) is 4.11. The first-order chi connectivity index (χ1) is 10.8. The van der Waals surface area contributed by atoms with Crippen LogP contribution in [0.15, 0.2) is 54.7 Å². The highest BCUT2D eigenvalue weighted by Crippen LogP contribution is 2.29. The molecule has 3 aromatic rings. The smallest absolute Gasteiger partial charge is 0.265 e. The van der Waals surface area contributed by atoms with E-state index in [0.717, 1.165) is 17.1 Å². The van der Waals surface area contributed by atoms with Crippen molar-refractivity contribution in [3.8, 4) is 11.4 Å². The van der Waals surface area contributed by atoms with E-state index < -0.39 is 0 Å². The van der Waals surface area contributed by atoms with Gasteiger partial charge in [-0.15, -0.1) is 0 Å². The van der Waals surface area contributed by atoms with E-state index in [1.54, 1.807) is 6.20 Å². The average Bonchev–Trinajstić information content (AvgIpc) is 2.96. The molecule has 1 aromatic carbocycles. The Morgan fingerprint density at radius 2 is 1.91 bits per heavy atom. The van der Waals surface area contributed by atoms with E-state index in [4.69, 9.17) is 5.73 Å². The van der Waals surface area contributed by atoms with E-state index in [-0.39, 0.29) is 5.91 Å². The normalized spacial score (nSPS) is 10.4. The number of anilines is 1. The van der Waals surface area contributed by atoms with Crippen molar-refractivity contribution in [3.05, 3.63) is 65.2 Å². The molecule has 0 unspecified atom stereocenters. The van der Waals surface area contributed by atoms with Gasteiger partial charge in [-0.25, -0.2) is 0 Å². The first-order valence-electron chi connectivity index (χ1n) is 6.74. The van der Waals surface area contributed by atoms with Gasteiger partial charge >= 0.3 is 0 Å². The summed E-state index contributed by atoms with van der Waals surface area (Å²) in [5.74, 6) is -0.221. The molecule has 6 heteroatoms. The molecule has 0 aliphatic carbocycles. The summed E-state index contributed by atoms with van der Waals surface area (Å²) in [7, 11) is 0. The lowest BCUT2D eigenvalue weighted by Gasteiger charge is -2.04. The number of hydrogen-bond acceptors (Lipinski definition) is 5. The molecule has 3 rings (SSSR count). The molecule has 0 atom stereocenters. The van der Waals surface area contributed by atoms with E-state index in [0.29, 0.717) is 28.5 Å². The summed E-state index contributed by atoms with van der Waals surface area (Å²) in [6.45, 7) is 0.454. The molecule has 5 nitrogen and oxygen atoms in total. The Morgan fingerprint density at radius 3 is 2.64 bits per heavy atom. The Hall–Kier alpha value is -2.73. The van der Waals surface area contributed by atoms with Crippen LogP contribution in [0.3, 0.4) is 0 Å². The van der Waals surface area contributed by atoms with Crippen LogP contribution in [-0.2, 0) is 6.54 Å². The average molecular weight is 310 g/mol. The van der Waals surface area contributed by atoms with Crippen molar-refractivity contribution in [2.45, 2.75) is 6.54 Å². The number of rotatable bonds is 4. The second-order valence-electron chi connectivity index (χ2n) is 4.66. The molecule has 22 heavy (non-hydrogen) atoms. The van der Waals surface area contributed by atoms with Crippen LogP contribution in [0.25, 0.3) is 11.4 Å². The molecule has 0 aliphatic rings. The molecule has 0 saturated carbocycles. The highest BCUT2D eigenvalue weighted by Gasteiger charge is 2.18. The first kappa shape index (κ1) is 14.2. The fourth-order valence-corrected chi connectivity index (χ4v) is 2.73. The van der Waals surface area contributed by atoms with Crippen LogP contribution in [0.5, 0.6) is 0 Å². The zero-order valence-corrected chi connectivity index (χ0v) is 12.5. The number of hydrogen-bond donors (Lipinski definition) is 2. The molecule has 0 fully saturated rings. The summed E-state index contributed by atoms with van der Waals surface area (Å²) in [6, 6.07) is 15.2. The van der Waals surface area contributed by atoms with Gasteiger partial charge in [-0.3, -0.25) is 9.78 Å². The van der Waals surface area contributed by atoms with Crippen molar-refractivity contribution >= 4 is 23.1 Å². The molecule has 0 bridgehead atoms. The number of carbonyl (C=O) groups is 1. The summed E-state index contributed by atoms with van der Waals surface area (Å²) in [6.07, 6.45) is 1.67. The Balaban J connectivity index is 1.75. The third-order valence-corrected chi connectivity index (χ3v) is 4.00. The molecule has 0 aliphatic heterocycles. The van der Waals surface area contributed by atoms with Gasteiger partial charge in [-0.2, -0.15) is 4.37 Å². The number of amides is 1. The van der Waals surface area contributed by atoms with Crippen molar-refractivity contribution in [1.82, 2.24) is 14.7 Å². The second-order valence-corrected chi connectivity index (χ2v) is 5.43. The van der Waals surface area contributed by atoms with Crippen LogP contribution in [0.1, 0.15) is 15.2 Å². The van der Waals surface area contributed by atoms with E-state index >= 15 is 0 Å². The monoisotopic (exact) mass is 310 g/mol. The van der Waals surface area contributed by atoms with Crippen LogP contribution in [0.2, 0.25) is 0 Å². The van der Waals surface area contributed by atoms with Crippen LogP contribution in [-0.4, -0.2) is 15.3 Å². The van der Waals surface area contributed by atoms with Gasteiger partial charge in [-0.1, -0.05) is 36.4 Å². The molecule has 2 aromatic heterocycles. The maximum Gasteiger partial charge on any atom is 0.265 e. The van der Waals surface area contributed by atoms with Crippen LogP contribution >= 0.6 is 11.5 Å². The third-order valence-electron chi connectivity index (χ3n) is 3.14. The fourth-order valence-electron chi connectivity index (χ4n) is 2.01. The van der Waals surface area contributed by atoms with Gasteiger partial charge < -0.3 is 11.1 Å². The topological polar surface area (TPSA) is 80.9 Å². The first-order valence-corrected chi connectivity index (χ1v) is 7.51.